The molecule has 3 fully saturated rings. The van der Waals surface area contributed by atoms with E-state index in [1.807, 2.05) is 0 Å². The Morgan fingerprint density at radius 2 is 1.82 bits per heavy atom. The molecule has 0 heterocycles. The molecule has 0 aromatic carbocycles. The second-order valence-corrected chi connectivity index (χ2v) is 4.52. The Balaban J connectivity index is 2.16. The zero-order valence-electron chi connectivity index (χ0n) is 7.46. The van der Waals surface area contributed by atoms with E-state index in [2.05, 4.69) is 13.8 Å². The first kappa shape index (κ1) is 7.60. The Morgan fingerprint density at radius 3 is 2.27 bits per heavy atom. The fourth-order valence-electron chi connectivity index (χ4n) is 3.11. The van der Waals surface area contributed by atoms with Gasteiger partial charge in [0.15, 0.2) is 0 Å². The lowest BCUT2D eigenvalue weighted by molar-refractivity contribution is -0.0640. The van der Waals surface area contributed by atoms with Gasteiger partial charge in [-0.05, 0) is 42.9 Å². The molecule has 1 heteroatoms. The second-order valence-electron chi connectivity index (χ2n) is 4.52. The van der Waals surface area contributed by atoms with E-state index in [0.29, 0.717) is 5.92 Å². The zero-order valence-corrected chi connectivity index (χ0v) is 7.46. The van der Waals surface area contributed by atoms with Crippen LogP contribution in [0.3, 0.4) is 0 Å². The average Bonchev–Trinajstić information content (AvgIpc) is 1.99. The van der Waals surface area contributed by atoms with Crippen molar-refractivity contribution in [1.29, 1.82) is 0 Å². The first-order valence-corrected chi connectivity index (χ1v) is 4.88. The molecule has 0 spiro atoms. The summed E-state index contributed by atoms with van der Waals surface area (Å²) in [6, 6.07) is 0. The minimum atomic E-state index is 0.0277. The molecule has 2 bridgehead atoms. The lowest BCUT2D eigenvalue weighted by atomic mass is 9.58. The number of aliphatic hydroxyl groups excluding tert-OH is 1. The molecule has 3 rings (SSSR count). The standard InChI is InChI=1S/C10H18O/c1-6-7(2)9-4-3-8(6)5-10(9)11/h6-11H,3-5H2,1-2H3/t6-,7+,8-,9-,10-/m0/s1. The molecule has 0 aromatic heterocycles. The molecule has 0 saturated heterocycles. The van der Waals surface area contributed by atoms with E-state index < -0.39 is 0 Å². The van der Waals surface area contributed by atoms with E-state index in [1.165, 1.54) is 12.8 Å². The fraction of sp³-hybridized carbons (Fsp3) is 1.00. The maximum absolute atomic E-state index is 9.69. The predicted molar refractivity (Wildman–Crippen MR) is 45.2 cm³/mol. The molecule has 0 aliphatic heterocycles. The lowest BCUT2D eigenvalue weighted by Crippen LogP contribution is -2.45. The third-order valence-electron chi connectivity index (χ3n) is 4.16. The van der Waals surface area contributed by atoms with Crippen molar-refractivity contribution in [2.45, 2.75) is 39.2 Å². The highest BCUT2D eigenvalue weighted by atomic mass is 16.3. The summed E-state index contributed by atoms with van der Waals surface area (Å²) in [5.41, 5.74) is 0. The summed E-state index contributed by atoms with van der Waals surface area (Å²) in [7, 11) is 0. The van der Waals surface area contributed by atoms with Crippen molar-refractivity contribution in [1.82, 2.24) is 0 Å². The molecule has 3 aliphatic carbocycles. The summed E-state index contributed by atoms with van der Waals surface area (Å²) >= 11 is 0. The van der Waals surface area contributed by atoms with E-state index in [4.69, 9.17) is 0 Å². The molecule has 5 atom stereocenters. The average molecular weight is 154 g/mol. The molecule has 1 nitrogen and oxygen atoms in total. The van der Waals surface area contributed by atoms with Crippen LogP contribution in [0.25, 0.3) is 0 Å². The van der Waals surface area contributed by atoms with Gasteiger partial charge < -0.3 is 5.11 Å². The molecule has 0 unspecified atom stereocenters. The third kappa shape index (κ3) is 1.01. The van der Waals surface area contributed by atoms with E-state index in [9.17, 15) is 5.11 Å². The third-order valence-corrected chi connectivity index (χ3v) is 4.16. The summed E-state index contributed by atoms with van der Waals surface area (Å²) in [4.78, 5) is 0. The van der Waals surface area contributed by atoms with Gasteiger partial charge >= 0.3 is 0 Å². The van der Waals surface area contributed by atoms with Crippen LogP contribution in [0.2, 0.25) is 0 Å². The van der Waals surface area contributed by atoms with Gasteiger partial charge in [0.2, 0.25) is 0 Å². The van der Waals surface area contributed by atoms with Gasteiger partial charge in [-0.15, -0.1) is 0 Å². The van der Waals surface area contributed by atoms with Crippen molar-refractivity contribution in [3.63, 3.8) is 0 Å². The van der Waals surface area contributed by atoms with Crippen molar-refractivity contribution in [2.24, 2.45) is 23.7 Å². The van der Waals surface area contributed by atoms with Crippen LogP contribution in [0.5, 0.6) is 0 Å². The van der Waals surface area contributed by atoms with Crippen LogP contribution < -0.4 is 0 Å². The highest BCUT2D eigenvalue weighted by Crippen LogP contribution is 2.48. The molecule has 1 N–H and O–H groups in total. The highest BCUT2D eigenvalue weighted by molar-refractivity contribution is 4.93. The summed E-state index contributed by atoms with van der Waals surface area (Å²) in [5, 5.41) is 9.69. The van der Waals surface area contributed by atoms with Crippen molar-refractivity contribution in [3.05, 3.63) is 0 Å². The Labute approximate surface area is 68.8 Å². The Morgan fingerprint density at radius 1 is 1.09 bits per heavy atom. The van der Waals surface area contributed by atoms with E-state index in [1.54, 1.807) is 0 Å². The predicted octanol–water partition coefficient (Wildman–Crippen LogP) is 2.05. The number of rotatable bonds is 0. The zero-order chi connectivity index (χ0) is 8.01. The summed E-state index contributed by atoms with van der Waals surface area (Å²) in [6.45, 7) is 4.66. The van der Waals surface area contributed by atoms with Gasteiger partial charge in [-0.25, -0.2) is 0 Å². The molecule has 0 radical (unpaired) electrons. The molecule has 0 amide bonds. The minimum Gasteiger partial charge on any atom is -0.393 e. The minimum absolute atomic E-state index is 0.0277. The van der Waals surface area contributed by atoms with E-state index >= 15 is 0 Å². The smallest absolute Gasteiger partial charge is 0.0573 e. The van der Waals surface area contributed by atoms with Crippen molar-refractivity contribution >= 4 is 0 Å². The van der Waals surface area contributed by atoms with E-state index in [0.717, 1.165) is 24.2 Å². The molecule has 3 aliphatic rings. The number of hydrogen-bond acceptors (Lipinski definition) is 1. The molecular weight excluding hydrogens is 136 g/mol. The Bertz CT molecular complexity index is 153. The van der Waals surface area contributed by atoms with Crippen LogP contribution in [-0.2, 0) is 0 Å². The summed E-state index contributed by atoms with van der Waals surface area (Å²) in [5.74, 6) is 3.06. The first-order valence-electron chi connectivity index (χ1n) is 4.88. The maximum atomic E-state index is 9.69. The molecule has 64 valence electrons. The normalized spacial score (nSPS) is 56.5. The van der Waals surface area contributed by atoms with Crippen LogP contribution in [0.15, 0.2) is 0 Å². The molecule has 0 aromatic rings. The Kier molecular flexibility index (Phi) is 1.71. The topological polar surface area (TPSA) is 20.2 Å². The SMILES string of the molecule is C[C@@H]1[C@H]2CC[C@@H]([C@@H]1C)[C@@H](O)C2. The van der Waals surface area contributed by atoms with Crippen molar-refractivity contribution in [3.8, 4) is 0 Å². The van der Waals surface area contributed by atoms with Crippen LogP contribution in [-0.4, -0.2) is 11.2 Å². The van der Waals surface area contributed by atoms with Gasteiger partial charge in [0.05, 0.1) is 6.10 Å². The van der Waals surface area contributed by atoms with Gasteiger partial charge in [-0.2, -0.15) is 0 Å². The van der Waals surface area contributed by atoms with Gasteiger partial charge in [0.25, 0.3) is 0 Å². The summed E-state index contributed by atoms with van der Waals surface area (Å²) in [6.07, 6.45) is 3.75. The van der Waals surface area contributed by atoms with Gasteiger partial charge in [0, 0.05) is 0 Å². The monoisotopic (exact) mass is 154 g/mol. The van der Waals surface area contributed by atoms with Crippen LogP contribution in [0.1, 0.15) is 33.1 Å². The van der Waals surface area contributed by atoms with Crippen molar-refractivity contribution < 1.29 is 5.11 Å². The number of hydrogen-bond donors (Lipinski definition) is 1. The second kappa shape index (κ2) is 2.48. The number of aliphatic hydroxyl groups is 1. The van der Waals surface area contributed by atoms with Gasteiger partial charge in [-0.3, -0.25) is 0 Å². The van der Waals surface area contributed by atoms with Gasteiger partial charge in [-0.1, -0.05) is 13.8 Å². The van der Waals surface area contributed by atoms with Crippen LogP contribution in [0.4, 0.5) is 0 Å². The largest absolute Gasteiger partial charge is 0.393 e. The van der Waals surface area contributed by atoms with Gasteiger partial charge in [0.1, 0.15) is 0 Å². The maximum Gasteiger partial charge on any atom is 0.0573 e. The van der Waals surface area contributed by atoms with Crippen molar-refractivity contribution in [2.75, 3.05) is 0 Å². The van der Waals surface area contributed by atoms with Crippen LogP contribution in [0, 0.1) is 23.7 Å². The Hall–Kier alpha value is -0.0400. The highest BCUT2D eigenvalue weighted by Gasteiger charge is 2.43. The number of fused-ring (bicyclic) bond motifs is 3. The first-order chi connectivity index (χ1) is 5.20. The fourth-order valence-corrected chi connectivity index (χ4v) is 3.11. The molecule has 11 heavy (non-hydrogen) atoms. The van der Waals surface area contributed by atoms with E-state index in [-0.39, 0.29) is 6.10 Å². The quantitative estimate of drug-likeness (QED) is 0.566. The molecular formula is C10H18O. The lowest BCUT2D eigenvalue weighted by Gasteiger charge is -2.48. The van der Waals surface area contributed by atoms with Crippen LogP contribution >= 0.6 is 0 Å². The summed E-state index contributed by atoms with van der Waals surface area (Å²) < 4.78 is 0. The molecule has 3 saturated carbocycles.